The Bertz CT molecular complexity index is 148. The summed E-state index contributed by atoms with van der Waals surface area (Å²) >= 11 is 0. The van der Waals surface area contributed by atoms with Crippen LogP contribution >= 0.6 is 0 Å². The Morgan fingerprint density at radius 1 is 1.50 bits per heavy atom. The summed E-state index contributed by atoms with van der Waals surface area (Å²) in [6, 6.07) is -1.35. The van der Waals surface area contributed by atoms with Gasteiger partial charge in [-0.15, -0.1) is 0 Å². The summed E-state index contributed by atoms with van der Waals surface area (Å²) in [4.78, 5) is 10.5. The third-order valence-electron chi connectivity index (χ3n) is 1.62. The third-order valence-corrected chi connectivity index (χ3v) is 1.62. The molecule has 5 nitrogen and oxygen atoms in total. The highest BCUT2D eigenvalue weighted by Crippen LogP contribution is 1.96. The number of aliphatic hydroxyl groups excluding tert-OH is 1. The molecule has 5 heteroatoms. The molecule has 0 saturated heterocycles. The van der Waals surface area contributed by atoms with Crippen molar-refractivity contribution < 1.29 is 20.1 Å². The average Bonchev–Trinajstić information content (AvgIpc) is 1.98. The highest BCUT2D eigenvalue weighted by Gasteiger charge is 2.19. The fourth-order valence-electron chi connectivity index (χ4n) is 0.767. The lowest BCUT2D eigenvalue weighted by Gasteiger charge is -2.19. The summed E-state index contributed by atoms with van der Waals surface area (Å²) in [6.07, 6.45) is -1.12. The molecule has 0 heterocycles. The second kappa shape index (κ2) is 5.08. The first-order valence-electron chi connectivity index (χ1n) is 3.84. The van der Waals surface area contributed by atoms with Crippen LogP contribution in [-0.4, -0.2) is 39.7 Å². The quantitative estimate of drug-likeness (QED) is 0.410. The molecule has 2 atom stereocenters. The van der Waals surface area contributed by atoms with Gasteiger partial charge in [0.25, 0.3) is 0 Å². The van der Waals surface area contributed by atoms with Gasteiger partial charge in [0.2, 0.25) is 0 Å². The number of hydrogen-bond donors (Lipinski definition) is 4. The van der Waals surface area contributed by atoms with Crippen molar-refractivity contribution in [1.29, 1.82) is 0 Å². The van der Waals surface area contributed by atoms with Crippen molar-refractivity contribution >= 4 is 5.97 Å². The zero-order chi connectivity index (χ0) is 9.72. The van der Waals surface area contributed by atoms with Crippen LogP contribution in [0, 0.1) is 0 Å². The summed E-state index contributed by atoms with van der Waals surface area (Å²) < 4.78 is 0. The molecule has 0 spiro atoms. The van der Waals surface area contributed by atoms with E-state index in [0.717, 1.165) is 0 Å². The Morgan fingerprint density at radius 2 is 2.00 bits per heavy atom. The second-order valence-corrected chi connectivity index (χ2v) is 2.67. The zero-order valence-electron chi connectivity index (χ0n) is 7.19. The minimum absolute atomic E-state index is 0.409. The first kappa shape index (κ1) is 11.4. The van der Waals surface area contributed by atoms with Crippen LogP contribution in [0.3, 0.4) is 0 Å². The molecule has 0 aliphatic heterocycles. The summed E-state index contributed by atoms with van der Waals surface area (Å²) in [5, 5.41) is 28.4. The van der Waals surface area contributed by atoms with Gasteiger partial charge in [0.05, 0.1) is 6.04 Å². The fourth-order valence-corrected chi connectivity index (χ4v) is 0.767. The van der Waals surface area contributed by atoms with Crippen molar-refractivity contribution in [2.24, 2.45) is 0 Å². The molecule has 72 valence electrons. The molecule has 0 aromatic heterocycles. The van der Waals surface area contributed by atoms with Crippen molar-refractivity contribution in [2.45, 2.75) is 38.6 Å². The van der Waals surface area contributed by atoms with E-state index in [0.29, 0.717) is 6.42 Å². The molecule has 0 rings (SSSR count). The van der Waals surface area contributed by atoms with Gasteiger partial charge in [0.15, 0.2) is 6.29 Å². The topological polar surface area (TPSA) is 89.8 Å². The van der Waals surface area contributed by atoms with E-state index in [2.05, 4.69) is 5.32 Å². The molecule has 0 saturated carbocycles. The van der Waals surface area contributed by atoms with Crippen molar-refractivity contribution in [3.8, 4) is 0 Å². The lowest BCUT2D eigenvalue weighted by molar-refractivity contribution is -0.140. The third kappa shape index (κ3) is 3.66. The van der Waals surface area contributed by atoms with Crippen LogP contribution < -0.4 is 5.32 Å². The van der Waals surface area contributed by atoms with Gasteiger partial charge in [-0.05, 0) is 13.3 Å². The van der Waals surface area contributed by atoms with E-state index in [1.807, 2.05) is 0 Å². The number of aliphatic carboxylic acids is 1. The van der Waals surface area contributed by atoms with E-state index >= 15 is 0 Å². The summed E-state index contributed by atoms with van der Waals surface area (Å²) in [5.41, 5.74) is 0. The normalized spacial score (nSPS) is 16.1. The number of carboxylic acids is 1. The van der Waals surface area contributed by atoms with E-state index in [-0.39, 0.29) is 0 Å². The minimum Gasteiger partial charge on any atom is -0.480 e. The first-order chi connectivity index (χ1) is 5.49. The van der Waals surface area contributed by atoms with E-state index < -0.39 is 24.3 Å². The SMILES string of the molecule is CC[C@H](N[C@@H](C)C(O)O)C(=O)O. The summed E-state index contributed by atoms with van der Waals surface area (Å²) in [5.74, 6) is -0.981. The fraction of sp³-hybridized carbons (Fsp3) is 0.857. The molecule has 0 bridgehead atoms. The predicted molar refractivity (Wildman–Crippen MR) is 42.5 cm³/mol. The number of hydrogen-bond acceptors (Lipinski definition) is 4. The maximum Gasteiger partial charge on any atom is 0.320 e. The van der Waals surface area contributed by atoms with Crippen LogP contribution in [0.15, 0.2) is 0 Å². The predicted octanol–water partition coefficient (Wildman–Crippen LogP) is -0.862. The Morgan fingerprint density at radius 3 is 2.25 bits per heavy atom. The average molecular weight is 177 g/mol. The molecular formula is C7H15NO4. The van der Waals surface area contributed by atoms with Crippen LogP contribution in [0.2, 0.25) is 0 Å². The molecule has 0 unspecified atom stereocenters. The molecule has 0 aromatic carbocycles. The van der Waals surface area contributed by atoms with Crippen LogP contribution in [0.25, 0.3) is 0 Å². The van der Waals surface area contributed by atoms with Crippen molar-refractivity contribution in [3.63, 3.8) is 0 Å². The Labute approximate surface area is 71.0 Å². The van der Waals surface area contributed by atoms with Crippen LogP contribution in [0.1, 0.15) is 20.3 Å². The number of carbonyl (C=O) groups is 1. The number of aliphatic hydroxyl groups is 2. The maximum atomic E-state index is 10.5. The number of carboxylic acid groups (broad SMARTS) is 1. The van der Waals surface area contributed by atoms with E-state index in [1.54, 1.807) is 6.92 Å². The molecule has 4 N–H and O–H groups in total. The van der Waals surface area contributed by atoms with Crippen LogP contribution in [0.5, 0.6) is 0 Å². The van der Waals surface area contributed by atoms with Gasteiger partial charge < -0.3 is 15.3 Å². The molecule has 0 fully saturated rings. The molecule has 12 heavy (non-hydrogen) atoms. The lowest BCUT2D eigenvalue weighted by Crippen LogP contribution is -2.46. The Balaban J connectivity index is 3.94. The standard InChI is InChI=1S/C7H15NO4/c1-3-5(7(11)12)8-4(2)6(9)10/h4-6,8-10H,3H2,1-2H3,(H,11,12)/t4-,5-/m0/s1. The Kier molecular flexibility index (Phi) is 4.80. The van der Waals surface area contributed by atoms with Crippen LogP contribution in [0.4, 0.5) is 0 Å². The van der Waals surface area contributed by atoms with Crippen molar-refractivity contribution in [3.05, 3.63) is 0 Å². The summed E-state index contributed by atoms with van der Waals surface area (Å²) in [6.45, 7) is 3.22. The largest absolute Gasteiger partial charge is 0.480 e. The van der Waals surface area contributed by atoms with Crippen LogP contribution in [-0.2, 0) is 4.79 Å². The first-order valence-corrected chi connectivity index (χ1v) is 3.84. The number of rotatable bonds is 5. The monoisotopic (exact) mass is 177 g/mol. The highest BCUT2D eigenvalue weighted by atomic mass is 16.5. The molecule has 0 amide bonds. The maximum absolute atomic E-state index is 10.5. The molecule has 0 aliphatic rings. The minimum atomic E-state index is -1.53. The van der Waals surface area contributed by atoms with Crippen molar-refractivity contribution in [2.75, 3.05) is 0 Å². The Hall–Kier alpha value is -0.650. The zero-order valence-corrected chi connectivity index (χ0v) is 7.19. The smallest absolute Gasteiger partial charge is 0.320 e. The second-order valence-electron chi connectivity index (χ2n) is 2.67. The molecule has 0 aromatic rings. The highest BCUT2D eigenvalue weighted by molar-refractivity contribution is 5.73. The molecular weight excluding hydrogens is 162 g/mol. The molecule has 0 radical (unpaired) electrons. The van der Waals surface area contributed by atoms with Gasteiger partial charge in [-0.2, -0.15) is 0 Å². The van der Waals surface area contributed by atoms with E-state index in [1.165, 1.54) is 6.92 Å². The van der Waals surface area contributed by atoms with E-state index in [9.17, 15) is 4.79 Å². The van der Waals surface area contributed by atoms with Gasteiger partial charge in [0.1, 0.15) is 6.04 Å². The van der Waals surface area contributed by atoms with Gasteiger partial charge in [0, 0.05) is 0 Å². The van der Waals surface area contributed by atoms with E-state index in [4.69, 9.17) is 15.3 Å². The lowest BCUT2D eigenvalue weighted by atomic mass is 10.2. The van der Waals surface area contributed by atoms with Gasteiger partial charge in [-0.1, -0.05) is 6.92 Å². The molecule has 0 aliphatic carbocycles. The van der Waals surface area contributed by atoms with Gasteiger partial charge in [-0.25, -0.2) is 0 Å². The van der Waals surface area contributed by atoms with Gasteiger partial charge >= 0.3 is 5.97 Å². The summed E-state index contributed by atoms with van der Waals surface area (Å²) in [7, 11) is 0. The van der Waals surface area contributed by atoms with Crippen molar-refractivity contribution in [1.82, 2.24) is 5.32 Å². The van der Waals surface area contributed by atoms with Gasteiger partial charge in [-0.3, -0.25) is 10.1 Å². The number of nitrogens with one attached hydrogen (secondary N) is 1.